The summed E-state index contributed by atoms with van der Waals surface area (Å²) in [7, 11) is 0. The molecule has 6 heteroatoms. The summed E-state index contributed by atoms with van der Waals surface area (Å²) in [6.45, 7) is 0.452. The summed E-state index contributed by atoms with van der Waals surface area (Å²) in [4.78, 5) is 28.3. The predicted octanol–water partition coefficient (Wildman–Crippen LogP) is 1.06. The Morgan fingerprint density at radius 3 is 2.83 bits per heavy atom. The van der Waals surface area contributed by atoms with Crippen molar-refractivity contribution in [3.05, 3.63) is 66.0 Å². The van der Waals surface area contributed by atoms with E-state index in [1.165, 1.54) is 6.21 Å². The molecule has 1 aromatic carbocycles. The molecule has 2 amide bonds. The highest BCUT2D eigenvalue weighted by Gasteiger charge is 2.40. The van der Waals surface area contributed by atoms with Crippen LogP contribution in [0, 0.1) is 5.92 Å². The molecular weight excluding hydrogens is 292 g/mol. The topological polar surface area (TPSA) is 83.5 Å². The molecule has 23 heavy (non-hydrogen) atoms. The molecule has 2 N–H and O–H groups in total. The molecule has 1 saturated heterocycles. The second-order valence-electron chi connectivity index (χ2n) is 5.26. The van der Waals surface area contributed by atoms with Gasteiger partial charge in [-0.2, -0.15) is 5.10 Å². The lowest BCUT2D eigenvalue weighted by molar-refractivity contribution is -0.133. The molecule has 1 fully saturated rings. The van der Waals surface area contributed by atoms with Crippen molar-refractivity contribution in [1.82, 2.24) is 15.7 Å². The lowest BCUT2D eigenvalue weighted by Crippen LogP contribution is -2.34. The van der Waals surface area contributed by atoms with E-state index in [-0.39, 0.29) is 11.8 Å². The zero-order valence-corrected chi connectivity index (χ0v) is 12.3. The molecule has 0 unspecified atom stereocenters. The van der Waals surface area contributed by atoms with Gasteiger partial charge in [0.15, 0.2) is 0 Å². The maximum absolute atomic E-state index is 12.3. The van der Waals surface area contributed by atoms with Crippen molar-refractivity contribution >= 4 is 18.0 Å². The van der Waals surface area contributed by atoms with E-state index < -0.39 is 11.8 Å². The molecule has 1 aliphatic heterocycles. The van der Waals surface area contributed by atoms with E-state index >= 15 is 0 Å². The number of hydrazone groups is 1. The quantitative estimate of drug-likeness (QED) is 0.503. The number of hydrogen-bond donors (Lipinski definition) is 2. The zero-order valence-electron chi connectivity index (χ0n) is 12.3. The first-order chi connectivity index (χ1) is 11.3. The average Bonchev–Trinajstić information content (AvgIpc) is 2.98. The third-order valence-electron chi connectivity index (χ3n) is 3.76. The number of carbonyl (C=O) groups is 2. The molecular formula is C17H16N4O2. The van der Waals surface area contributed by atoms with E-state index in [1.54, 1.807) is 18.5 Å². The van der Waals surface area contributed by atoms with Gasteiger partial charge in [-0.05, 0) is 11.6 Å². The van der Waals surface area contributed by atoms with E-state index in [0.29, 0.717) is 6.54 Å². The van der Waals surface area contributed by atoms with Gasteiger partial charge in [-0.25, -0.2) is 5.43 Å². The van der Waals surface area contributed by atoms with Crippen molar-refractivity contribution in [3.63, 3.8) is 0 Å². The molecule has 0 radical (unpaired) electrons. The van der Waals surface area contributed by atoms with Crippen LogP contribution in [0.2, 0.25) is 0 Å². The van der Waals surface area contributed by atoms with Crippen molar-refractivity contribution in [3.8, 4) is 0 Å². The fourth-order valence-electron chi connectivity index (χ4n) is 2.63. The summed E-state index contributed by atoms with van der Waals surface area (Å²) in [5, 5.41) is 6.65. The molecule has 1 aliphatic rings. The molecule has 1 aromatic heterocycles. The fraction of sp³-hybridized carbons (Fsp3) is 0.176. The van der Waals surface area contributed by atoms with Gasteiger partial charge in [0, 0.05) is 30.4 Å². The van der Waals surface area contributed by atoms with Crippen LogP contribution >= 0.6 is 0 Å². The number of hydrogen-bond acceptors (Lipinski definition) is 4. The van der Waals surface area contributed by atoms with Gasteiger partial charge in [-0.15, -0.1) is 0 Å². The number of carbonyl (C=O) groups excluding carboxylic acids is 2. The van der Waals surface area contributed by atoms with E-state index in [9.17, 15) is 9.59 Å². The molecule has 0 aliphatic carbocycles. The van der Waals surface area contributed by atoms with E-state index in [0.717, 1.165) is 11.1 Å². The molecule has 6 nitrogen and oxygen atoms in total. The van der Waals surface area contributed by atoms with E-state index in [2.05, 4.69) is 20.8 Å². The third kappa shape index (κ3) is 3.42. The van der Waals surface area contributed by atoms with Gasteiger partial charge in [-0.1, -0.05) is 36.4 Å². The summed E-state index contributed by atoms with van der Waals surface area (Å²) in [5.41, 5.74) is 4.17. The third-order valence-corrected chi connectivity index (χ3v) is 3.76. The molecule has 2 aromatic rings. The highest BCUT2D eigenvalue weighted by atomic mass is 16.2. The van der Waals surface area contributed by atoms with Gasteiger partial charge in [-0.3, -0.25) is 14.6 Å². The van der Waals surface area contributed by atoms with Crippen molar-refractivity contribution in [2.45, 2.75) is 5.92 Å². The minimum atomic E-state index is -0.775. The highest BCUT2D eigenvalue weighted by molar-refractivity contribution is 6.03. The molecule has 2 heterocycles. The fourth-order valence-corrected chi connectivity index (χ4v) is 2.63. The number of amides is 2. The maximum atomic E-state index is 12.3. The van der Waals surface area contributed by atoms with Gasteiger partial charge >= 0.3 is 0 Å². The minimum Gasteiger partial charge on any atom is -0.355 e. The standard InChI is InChI=1S/C17H16N4O2/c22-16-15(14(11-19-16)13-6-2-1-3-7-13)17(23)21-20-10-12-5-4-8-18-9-12/h1-10,14-15H,11H2,(H,19,22)(H,21,23)/b20-10+/t14-,15-/m1/s1. The van der Waals surface area contributed by atoms with E-state index in [1.807, 2.05) is 36.4 Å². The second kappa shape index (κ2) is 6.83. The number of benzene rings is 1. The van der Waals surface area contributed by atoms with Crippen LogP contribution in [-0.2, 0) is 9.59 Å². The Morgan fingerprint density at radius 1 is 1.26 bits per heavy atom. The van der Waals surface area contributed by atoms with Crippen LogP contribution in [0.1, 0.15) is 17.0 Å². The van der Waals surface area contributed by atoms with Crippen LogP contribution in [0.5, 0.6) is 0 Å². The predicted molar refractivity (Wildman–Crippen MR) is 85.7 cm³/mol. The Labute approximate surface area is 133 Å². The molecule has 0 bridgehead atoms. The molecule has 3 rings (SSSR count). The summed E-state index contributed by atoms with van der Waals surface area (Å²) in [6.07, 6.45) is 4.78. The van der Waals surface area contributed by atoms with E-state index in [4.69, 9.17) is 0 Å². The smallest absolute Gasteiger partial charge is 0.253 e. The summed E-state index contributed by atoms with van der Waals surface area (Å²) < 4.78 is 0. The highest BCUT2D eigenvalue weighted by Crippen LogP contribution is 2.28. The molecule has 116 valence electrons. The van der Waals surface area contributed by atoms with Crippen molar-refractivity contribution in [2.75, 3.05) is 6.54 Å². The van der Waals surface area contributed by atoms with Crippen LogP contribution < -0.4 is 10.7 Å². The van der Waals surface area contributed by atoms with Crippen LogP contribution in [0.4, 0.5) is 0 Å². The minimum absolute atomic E-state index is 0.183. The number of nitrogens with one attached hydrogen (secondary N) is 2. The Hall–Kier alpha value is -3.02. The SMILES string of the molecule is O=C1NC[C@H](c2ccccc2)[C@H]1C(=O)N/N=C/c1cccnc1. The normalized spacial score (nSPS) is 20.4. The number of nitrogens with zero attached hydrogens (tertiary/aromatic N) is 2. The number of rotatable bonds is 4. The lowest BCUT2D eigenvalue weighted by Gasteiger charge is -2.15. The zero-order chi connectivity index (χ0) is 16.1. The number of pyridine rings is 1. The average molecular weight is 308 g/mol. The Bertz CT molecular complexity index is 716. The lowest BCUT2D eigenvalue weighted by atomic mass is 9.88. The van der Waals surface area contributed by atoms with Gasteiger partial charge < -0.3 is 5.32 Å². The number of aromatic nitrogens is 1. The van der Waals surface area contributed by atoms with Crippen molar-refractivity contribution in [1.29, 1.82) is 0 Å². The van der Waals surface area contributed by atoms with Crippen LogP contribution in [0.3, 0.4) is 0 Å². The van der Waals surface area contributed by atoms with Gasteiger partial charge in [0.25, 0.3) is 5.91 Å². The first-order valence-corrected chi connectivity index (χ1v) is 7.31. The monoisotopic (exact) mass is 308 g/mol. The van der Waals surface area contributed by atoms with Gasteiger partial charge in [0.1, 0.15) is 5.92 Å². The van der Waals surface area contributed by atoms with Crippen LogP contribution in [0.15, 0.2) is 60.0 Å². The van der Waals surface area contributed by atoms with Crippen LogP contribution in [0.25, 0.3) is 0 Å². The largest absolute Gasteiger partial charge is 0.355 e. The van der Waals surface area contributed by atoms with Gasteiger partial charge in [0.05, 0.1) is 6.21 Å². The maximum Gasteiger partial charge on any atom is 0.253 e. The Kier molecular flexibility index (Phi) is 4.42. The molecule has 0 spiro atoms. The second-order valence-corrected chi connectivity index (χ2v) is 5.26. The summed E-state index contributed by atoms with van der Waals surface area (Å²) in [5.74, 6) is -1.64. The Balaban J connectivity index is 1.70. The van der Waals surface area contributed by atoms with Crippen LogP contribution in [-0.4, -0.2) is 29.6 Å². The van der Waals surface area contributed by atoms with Crippen molar-refractivity contribution in [2.24, 2.45) is 11.0 Å². The Morgan fingerprint density at radius 2 is 2.09 bits per heavy atom. The van der Waals surface area contributed by atoms with Crippen molar-refractivity contribution < 1.29 is 9.59 Å². The summed E-state index contributed by atoms with van der Waals surface area (Å²) in [6, 6.07) is 13.1. The summed E-state index contributed by atoms with van der Waals surface area (Å²) >= 11 is 0. The molecule has 2 atom stereocenters. The first kappa shape index (κ1) is 14.9. The molecule has 0 saturated carbocycles. The first-order valence-electron chi connectivity index (χ1n) is 7.31. The van der Waals surface area contributed by atoms with Gasteiger partial charge in [0.2, 0.25) is 5.91 Å².